The van der Waals surface area contributed by atoms with Crippen molar-refractivity contribution < 1.29 is 4.79 Å². The Hall–Kier alpha value is -1.10. The lowest BCUT2D eigenvalue weighted by Crippen LogP contribution is -2.43. The summed E-state index contributed by atoms with van der Waals surface area (Å²) in [6.07, 6.45) is 3.51. The number of anilines is 1. The molecule has 0 aromatic carbocycles. The van der Waals surface area contributed by atoms with Gasteiger partial charge >= 0.3 is 0 Å². The predicted molar refractivity (Wildman–Crippen MR) is 70.4 cm³/mol. The molecule has 0 radical (unpaired) electrons. The number of aromatic nitrogens is 1. The van der Waals surface area contributed by atoms with E-state index >= 15 is 0 Å². The van der Waals surface area contributed by atoms with Crippen LogP contribution in [-0.2, 0) is 4.79 Å². The van der Waals surface area contributed by atoms with Crippen molar-refractivity contribution in [2.45, 2.75) is 39.2 Å². The Kier molecular flexibility index (Phi) is 3.99. The smallest absolute Gasteiger partial charge is 0.244 e. The van der Waals surface area contributed by atoms with Crippen molar-refractivity contribution in [3.05, 3.63) is 11.1 Å². The molecular weight excluding hydrogens is 234 g/mol. The minimum atomic E-state index is -0.182. The highest BCUT2D eigenvalue weighted by Crippen LogP contribution is 2.17. The van der Waals surface area contributed by atoms with E-state index in [1.807, 2.05) is 24.1 Å². The van der Waals surface area contributed by atoms with E-state index < -0.39 is 0 Å². The van der Waals surface area contributed by atoms with Gasteiger partial charge in [0.05, 0.1) is 5.69 Å². The minimum absolute atomic E-state index is 0.182. The highest BCUT2D eigenvalue weighted by atomic mass is 32.1. The molecule has 17 heavy (non-hydrogen) atoms. The molecule has 1 fully saturated rings. The van der Waals surface area contributed by atoms with Crippen LogP contribution in [0.3, 0.4) is 0 Å². The molecule has 1 unspecified atom stereocenters. The molecule has 5 heteroatoms. The molecule has 1 aromatic heterocycles. The van der Waals surface area contributed by atoms with Crippen molar-refractivity contribution in [3.63, 3.8) is 0 Å². The fraction of sp³-hybridized carbons (Fsp3) is 0.667. The third-order valence-corrected chi connectivity index (χ3v) is 3.89. The van der Waals surface area contributed by atoms with E-state index in [0.29, 0.717) is 0 Å². The number of carbonyl (C=O) groups excluding carboxylic acids is 1. The zero-order valence-electron chi connectivity index (χ0n) is 10.4. The zero-order chi connectivity index (χ0) is 12.3. The van der Waals surface area contributed by atoms with Crippen molar-refractivity contribution in [3.8, 4) is 0 Å². The quantitative estimate of drug-likeness (QED) is 0.898. The maximum atomic E-state index is 12.1. The molecule has 1 aliphatic heterocycles. The molecule has 1 saturated heterocycles. The molecule has 1 amide bonds. The van der Waals surface area contributed by atoms with Gasteiger partial charge in [0.2, 0.25) is 5.91 Å². The average Bonchev–Trinajstić information content (AvgIpc) is 2.75. The third kappa shape index (κ3) is 3.19. The Labute approximate surface area is 106 Å². The first-order valence-electron chi connectivity index (χ1n) is 6.14. The van der Waals surface area contributed by atoms with Crippen LogP contribution in [0.4, 0.5) is 5.13 Å². The maximum Gasteiger partial charge on any atom is 0.244 e. The van der Waals surface area contributed by atoms with E-state index in [1.165, 1.54) is 6.42 Å². The van der Waals surface area contributed by atoms with Crippen LogP contribution in [0.1, 0.15) is 31.9 Å². The standard InChI is InChI=1S/C12H19N3OS/c1-9-8-17-12(13-9)14-10(2)11(16)15-6-4-3-5-7-15/h8,10H,3-7H2,1-2H3,(H,13,14). The van der Waals surface area contributed by atoms with Gasteiger partial charge in [0, 0.05) is 18.5 Å². The second kappa shape index (κ2) is 5.49. The summed E-state index contributed by atoms with van der Waals surface area (Å²) in [6, 6.07) is -0.182. The third-order valence-electron chi connectivity index (χ3n) is 3.00. The minimum Gasteiger partial charge on any atom is -0.350 e. The second-order valence-electron chi connectivity index (χ2n) is 4.55. The van der Waals surface area contributed by atoms with Gasteiger partial charge in [-0.1, -0.05) is 0 Å². The normalized spacial score (nSPS) is 17.9. The molecule has 1 atom stereocenters. The average molecular weight is 253 g/mol. The summed E-state index contributed by atoms with van der Waals surface area (Å²) in [5, 5.41) is 6.00. The van der Waals surface area contributed by atoms with Crippen molar-refractivity contribution >= 4 is 22.4 Å². The van der Waals surface area contributed by atoms with Crippen LogP contribution < -0.4 is 5.32 Å². The molecule has 0 bridgehead atoms. The van der Waals surface area contributed by atoms with Crippen LogP contribution in [0, 0.1) is 6.92 Å². The highest BCUT2D eigenvalue weighted by molar-refractivity contribution is 7.13. The number of nitrogens with one attached hydrogen (secondary N) is 1. The number of amides is 1. The van der Waals surface area contributed by atoms with Crippen LogP contribution >= 0.6 is 11.3 Å². The van der Waals surface area contributed by atoms with Gasteiger partial charge in [0.1, 0.15) is 6.04 Å². The maximum absolute atomic E-state index is 12.1. The summed E-state index contributed by atoms with van der Waals surface area (Å²) in [5.41, 5.74) is 0.995. The Morgan fingerprint density at radius 3 is 2.76 bits per heavy atom. The Bertz CT molecular complexity index is 385. The van der Waals surface area contributed by atoms with E-state index in [0.717, 1.165) is 36.8 Å². The molecule has 4 nitrogen and oxygen atoms in total. The second-order valence-corrected chi connectivity index (χ2v) is 5.40. The lowest BCUT2D eigenvalue weighted by molar-refractivity contribution is -0.132. The lowest BCUT2D eigenvalue weighted by atomic mass is 10.1. The first-order chi connectivity index (χ1) is 8.16. The van der Waals surface area contributed by atoms with Gasteiger partial charge in [-0.25, -0.2) is 4.98 Å². The first kappa shape index (κ1) is 12.4. The van der Waals surface area contributed by atoms with Crippen LogP contribution in [0.25, 0.3) is 0 Å². The molecule has 1 aliphatic rings. The van der Waals surface area contributed by atoms with Crippen LogP contribution in [0.15, 0.2) is 5.38 Å². The van der Waals surface area contributed by atoms with Crippen LogP contribution in [0.2, 0.25) is 0 Å². The summed E-state index contributed by atoms with van der Waals surface area (Å²) >= 11 is 1.55. The SMILES string of the molecule is Cc1csc(NC(C)C(=O)N2CCCCC2)n1. The molecule has 0 aliphatic carbocycles. The van der Waals surface area contributed by atoms with Crippen molar-refractivity contribution in [2.75, 3.05) is 18.4 Å². The summed E-state index contributed by atoms with van der Waals surface area (Å²) in [4.78, 5) is 18.4. The number of carbonyl (C=O) groups is 1. The molecule has 0 spiro atoms. The van der Waals surface area contributed by atoms with Crippen molar-refractivity contribution in [1.29, 1.82) is 0 Å². The summed E-state index contributed by atoms with van der Waals surface area (Å²) in [6.45, 7) is 5.68. The van der Waals surface area contributed by atoms with Gasteiger partial charge in [0.15, 0.2) is 5.13 Å². The van der Waals surface area contributed by atoms with E-state index in [9.17, 15) is 4.79 Å². The van der Waals surface area contributed by atoms with E-state index in [-0.39, 0.29) is 11.9 Å². The molecule has 1 N–H and O–H groups in total. The summed E-state index contributed by atoms with van der Waals surface area (Å²) < 4.78 is 0. The number of piperidine rings is 1. The van der Waals surface area contributed by atoms with E-state index in [2.05, 4.69) is 10.3 Å². The van der Waals surface area contributed by atoms with E-state index in [4.69, 9.17) is 0 Å². The number of nitrogens with zero attached hydrogens (tertiary/aromatic N) is 2. The summed E-state index contributed by atoms with van der Waals surface area (Å²) in [7, 11) is 0. The zero-order valence-corrected chi connectivity index (χ0v) is 11.2. The number of rotatable bonds is 3. The van der Waals surface area contributed by atoms with Crippen LogP contribution in [-0.4, -0.2) is 34.9 Å². The number of hydrogen-bond donors (Lipinski definition) is 1. The largest absolute Gasteiger partial charge is 0.350 e. The number of likely N-dealkylation sites (tertiary alicyclic amines) is 1. The molecule has 2 rings (SSSR count). The Balaban J connectivity index is 1.90. The number of thiazole rings is 1. The highest BCUT2D eigenvalue weighted by Gasteiger charge is 2.22. The number of aryl methyl sites for hydroxylation is 1. The molecule has 1 aromatic rings. The topological polar surface area (TPSA) is 45.2 Å². The fourth-order valence-electron chi connectivity index (χ4n) is 2.06. The summed E-state index contributed by atoms with van der Waals surface area (Å²) in [5.74, 6) is 0.192. The van der Waals surface area contributed by atoms with Crippen molar-refractivity contribution in [1.82, 2.24) is 9.88 Å². The monoisotopic (exact) mass is 253 g/mol. The lowest BCUT2D eigenvalue weighted by Gasteiger charge is -2.29. The van der Waals surface area contributed by atoms with Gasteiger partial charge < -0.3 is 10.2 Å². The van der Waals surface area contributed by atoms with Gasteiger partial charge in [-0.05, 0) is 33.1 Å². The van der Waals surface area contributed by atoms with E-state index in [1.54, 1.807) is 11.3 Å². The van der Waals surface area contributed by atoms with Gasteiger partial charge in [-0.15, -0.1) is 11.3 Å². The Morgan fingerprint density at radius 1 is 1.47 bits per heavy atom. The number of hydrogen-bond acceptors (Lipinski definition) is 4. The molecule has 0 saturated carbocycles. The van der Waals surface area contributed by atoms with Gasteiger partial charge in [-0.2, -0.15) is 0 Å². The fourth-order valence-corrected chi connectivity index (χ4v) is 2.83. The molecular formula is C12H19N3OS. The van der Waals surface area contributed by atoms with Crippen LogP contribution in [0.5, 0.6) is 0 Å². The Morgan fingerprint density at radius 2 is 2.18 bits per heavy atom. The molecule has 94 valence electrons. The predicted octanol–water partition coefficient (Wildman–Crippen LogP) is 2.26. The van der Waals surface area contributed by atoms with Crippen molar-refractivity contribution in [2.24, 2.45) is 0 Å². The first-order valence-corrected chi connectivity index (χ1v) is 7.02. The molecule has 2 heterocycles. The van der Waals surface area contributed by atoms with Gasteiger partial charge in [0.25, 0.3) is 0 Å². The van der Waals surface area contributed by atoms with Gasteiger partial charge in [-0.3, -0.25) is 4.79 Å².